The Hall–Kier alpha value is -0.660. The first-order valence-corrected chi connectivity index (χ1v) is 8.83. The van der Waals surface area contributed by atoms with E-state index in [9.17, 15) is 8.42 Å². The molecular formula is C13H20BrN3O2S. The van der Waals surface area contributed by atoms with Crippen molar-refractivity contribution in [3.8, 4) is 0 Å². The van der Waals surface area contributed by atoms with E-state index in [-0.39, 0.29) is 10.3 Å². The molecular weight excluding hydrogens is 342 g/mol. The van der Waals surface area contributed by atoms with Gasteiger partial charge in [-0.05, 0) is 40.3 Å². The van der Waals surface area contributed by atoms with E-state index in [1.165, 1.54) is 0 Å². The van der Waals surface area contributed by atoms with Crippen LogP contribution in [0.5, 0.6) is 0 Å². The van der Waals surface area contributed by atoms with Gasteiger partial charge >= 0.3 is 0 Å². The SMILES string of the molecule is CNc1ncc(Br)cc1S(=O)(=O)N1CCC(C)(C)CC1. The molecule has 0 saturated carbocycles. The van der Waals surface area contributed by atoms with E-state index in [0.29, 0.717) is 23.4 Å². The summed E-state index contributed by atoms with van der Waals surface area (Å²) in [5.41, 5.74) is 0.216. The van der Waals surface area contributed by atoms with Gasteiger partial charge in [0.2, 0.25) is 10.0 Å². The fourth-order valence-electron chi connectivity index (χ4n) is 2.28. The maximum atomic E-state index is 12.8. The molecule has 7 heteroatoms. The second-order valence-electron chi connectivity index (χ2n) is 5.82. The van der Waals surface area contributed by atoms with Crippen LogP contribution in [0.1, 0.15) is 26.7 Å². The molecule has 0 radical (unpaired) electrons. The van der Waals surface area contributed by atoms with Gasteiger partial charge in [0, 0.05) is 30.8 Å². The number of anilines is 1. The van der Waals surface area contributed by atoms with Crippen LogP contribution in [0.15, 0.2) is 21.6 Å². The summed E-state index contributed by atoms with van der Waals surface area (Å²) in [6.07, 6.45) is 3.34. The summed E-state index contributed by atoms with van der Waals surface area (Å²) in [5, 5.41) is 2.85. The molecule has 5 nitrogen and oxygen atoms in total. The van der Waals surface area contributed by atoms with Gasteiger partial charge in [-0.3, -0.25) is 0 Å². The molecule has 112 valence electrons. The number of nitrogens with zero attached hydrogens (tertiary/aromatic N) is 2. The second-order valence-corrected chi connectivity index (χ2v) is 8.64. The van der Waals surface area contributed by atoms with Crippen molar-refractivity contribution in [1.82, 2.24) is 9.29 Å². The summed E-state index contributed by atoms with van der Waals surface area (Å²) in [6, 6.07) is 1.61. The fraction of sp³-hybridized carbons (Fsp3) is 0.615. The fourth-order valence-corrected chi connectivity index (χ4v) is 4.38. The van der Waals surface area contributed by atoms with Gasteiger partial charge in [-0.1, -0.05) is 13.8 Å². The molecule has 0 spiro atoms. The van der Waals surface area contributed by atoms with Crippen molar-refractivity contribution in [2.45, 2.75) is 31.6 Å². The zero-order valence-corrected chi connectivity index (χ0v) is 14.4. The molecule has 2 rings (SSSR count). The minimum atomic E-state index is -3.50. The standard InChI is InChI=1S/C13H20BrN3O2S/c1-13(2)4-6-17(7-5-13)20(18,19)11-8-10(14)9-16-12(11)15-3/h8-9H,4-7H2,1-3H3,(H,15,16). The molecule has 2 heterocycles. The van der Waals surface area contributed by atoms with Crippen LogP contribution in [0.2, 0.25) is 0 Å². The predicted molar refractivity (Wildman–Crippen MR) is 83.3 cm³/mol. The van der Waals surface area contributed by atoms with Crippen LogP contribution >= 0.6 is 15.9 Å². The van der Waals surface area contributed by atoms with Gasteiger partial charge in [0.15, 0.2) is 0 Å². The third-order valence-electron chi connectivity index (χ3n) is 3.75. The van der Waals surface area contributed by atoms with Crippen LogP contribution in [-0.2, 0) is 10.0 Å². The molecule has 0 atom stereocenters. The van der Waals surface area contributed by atoms with Crippen molar-refractivity contribution >= 4 is 31.8 Å². The second kappa shape index (κ2) is 5.61. The lowest BCUT2D eigenvalue weighted by Gasteiger charge is -2.36. The molecule has 1 aromatic rings. The van der Waals surface area contributed by atoms with Gasteiger partial charge in [-0.2, -0.15) is 4.31 Å². The van der Waals surface area contributed by atoms with E-state index < -0.39 is 10.0 Å². The lowest BCUT2D eigenvalue weighted by atomic mass is 9.83. The summed E-state index contributed by atoms with van der Waals surface area (Å²) in [6.45, 7) is 5.48. The van der Waals surface area contributed by atoms with Crippen LogP contribution in [0.25, 0.3) is 0 Å². The van der Waals surface area contributed by atoms with Crippen molar-refractivity contribution in [3.05, 3.63) is 16.7 Å². The van der Waals surface area contributed by atoms with E-state index in [0.717, 1.165) is 12.8 Å². The Bertz CT molecular complexity index is 592. The molecule has 0 bridgehead atoms. The lowest BCUT2D eigenvalue weighted by molar-refractivity contribution is 0.196. The monoisotopic (exact) mass is 361 g/mol. The topological polar surface area (TPSA) is 62.3 Å². The molecule has 20 heavy (non-hydrogen) atoms. The first-order chi connectivity index (χ1) is 9.26. The highest BCUT2D eigenvalue weighted by atomic mass is 79.9. The zero-order valence-electron chi connectivity index (χ0n) is 12.0. The van der Waals surface area contributed by atoms with Gasteiger partial charge < -0.3 is 5.32 Å². The summed E-state index contributed by atoms with van der Waals surface area (Å²) in [5.74, 6) is 0.387. The van der Waals surface area contributed by atoms with Gasteiger partial charge in [-0.25, -0.2) is 13.4 Å². The van der Waals surface area contributed by atoms with Crippen LogP contribution in [-0.4, -0.2) is 37.8 Å². The highest BCUT2D eigenvalue weighted by Crippen LogP contribution is 2.34. The molecule has 1 aromatic heterocycles. The van der Waals surface area contributed by atoms with E-state index in [1.807, 2.05) is 0 Å². The first-order valence-electron chi connectivity index (χ1n) is 6.60. The minimum absolute atomic E-state index is 0.216. The van der Waals surface area contributed by atoms with Crippen LogP contribution in [0.4, 0.5) is 5.82 Å². The molecule has 1 fully saturated rings. The molecule has 0 unspecified atom stereocenters. The molecule has 1 aliphatic rings. The third-order valence-corrected chi connectivity index (χ3v) is 6.10. The number of sulfonamides is 1. The Labute approximate surface area is 129 Å². The van der Waals surface area contributed by atoms with Crippen molar-refractivity contribution in [1.29, 1.82) is 0 Å². The average molecular weight is 362 g/mol. The first kappa shape index (κ1) is 15.7. The maximum Gasteiger partial charge on any atom is 0.246 e. The Morgan fingerprint density at radius 1 is 1.35 bits per heavy atom. The summed E-state index contributed by atoms with van der Waals surface area (Å²) < 4.78 is 27.7. The number of piperidine rings is 1. The zero-order chi connectivity index (χ0) is 15.0. The van der Waals surface area contributed by atoms with Gasteiger partial charge in [0.1, 0.15) is 10.7 Å². The highest BCUT2D eigenvalue weighted by molar-refractivity contribution is 9.10. The maximum absolute atomic E-state index is 12.8. The summed E-state index contributed by atoms with van der Waals surface area (Å²) in [7, 11) is -1.82. The highest BCUT2D eigenvalue weighted by Gasteiger charge is 2.34. The average Bonchev–Trinajstić information content (AvgIpc) is 2.38. The largest absolute Gasteiger partial charge is 0.372 e. The van der Waals surface area contributed by atoms with Crippen molar-refractivity contribution in [2.75, 3.05) is 25.5 Å². The van der Waals surface area contributed by atoms with E-state index >= 15 is 0 Å². The number of hydrogen-bond donors (Lipinski definition) is 1. The van der Waals surface area contributed by atoms with E-state index in [4.69, 9.17) is 0 Å². The number of nitrogens with one attached hydrogen (secondary N) is 1. The normalized spacial score (nSPS) is 19.8. The van der Waals surface area contributed by atoms with Crippen molar-refractivity contribution < 1.29 is 8.42 Å². The Morgan fingerprint density at radius 2 is 1.95 bits per heavy atom. The van der Waals surface area contributed by atoms with Gasteiger partial charge in [-0.15, -0.1) is 0 Å². The smallest absolute Gasteiger partial charge is 0.246 e. The van der Waals surface area contributed by atoms with Crippen LogP contribution in [0.3, 0.4) is 0 Å². The Morgan fingerprint density at radius 3 is 2.50 bits per heavy atom. The lowest BCUT2D eigenvalue weighted by Crippen LogP contribution is -2.41. The van der Waals surface area contributed by atoms with Crippen LogP contribution < -0.4 is 5.32 Å². The number of pyridine rings is 1. The van der Waals surface area contributed by atoms with E-state index in [1.54, 1.807) is 23.6 Å². The third kappa shape index (κ3) is 3.15. The van der Waals surface area contributed by atoms with Gasteiger partial charge in [0.25, 0.3) is 0 Å². The quantitative estimate of drug-likeness (QED) is 0.898. The number of hydrogen-bond acceptors (Lipinski definition) is 4. The van der Waals surface area contributed by atoms with Crippen molar-refractivity contribution in [3.63, 3.8) is 0 Å². The van der Waals surface area contributed by atoms with Crippen molar-refractivity contribution in [2.24, 2.45) is 5.41 Å². The minimum Gasteiger partial charge on any atom is -0.372 e. The summed E-state index contributed by atoms with van der Waals surface area (Å²) in [4.78, 5) is 4.35. The number of halogens is 1. The molecule has 1 saturated heterocycles. The molecule has 1 aliphatic heterocycles. The molecule has 0 aromatic carbocycles. The Balaban J connectivity index is 2.34. The van der Waals surface area contributed by atoms with Gasteiger partial charge in [0.05, 0.1) is 0 Å². The summed E-state index contributed by atoms with van der Waals surface area (Å²) >= 11 is 3.29. The predicted octanol–water partition coefficient (Wildman–Crippen LogP) is 2.70. The molecule has 0 aliphatic carbocycles. The number of aromatic nitrogens is 1. The molecule has 0 amide bonds. The number of rotatable bonds is 3. The van der Waals surface area contributed by atoms with E-state index in [2.05, 4.69) is 40.1 Å². The Kier molecular flexibility index (Phi) is 4.41. The van der Waals surface area contributed by atoms with Crippen LogP contribution in [0, 0.1) is 5.41 Å². The molecule has 1 N–H and O–H groups in total.